The summed E-state index contributed by atoms with van der Waals surface area (Å²) in [6, 6.07) is 3.76. The number of carbonyl (C=O) groups excluding carboxylic acids is 1. The van der Waals surface area contributed by atoms with Crippen LogP contribution in [0.3, 0.4) is 0 Å². The summed E-state index contributed by atoms with van der Waals surface area (Å²) in [7, 11) is 1.94. The van der Waals surface area contributed by atoms with Crippen LogP contribution >= 0.6 is 0 Å². The smallest absolute Gasteiger partial charge is 0.162 e. The van der Waals surface area contributed by atoms with Gasteiger partial charge in [-0.2, -0.15) is 5.10 Å². The second kappa shape index (κ2) is 4.41. The van der Waals surface area contributed by atoms with Gasteiger partial charge >= 0.3 is 0 Å². The first-order valence-electron chi connectivity index (χ1n) is 5.48. The summed E-state index contributed by atoms with van der Waals surface area (Å²) < 4.78 is 1.98. The van der Waals surface area contributed by atoms with Crippen molar-refractivity contribution in [3.8, 4) is 11.4 Å². The Morgan fingerprint density at radius 3 is 2.82 bits per heavy atom. The number of rotatable bonds is 3. The van der Waals surface area contributed by atoms with Crippen LogP contribution < -0.4 is 0 Å². The highest BCUT2D eigenvalue weighted by Crippen LogP contribution is 2.26. The predicted molar refractivity (Wildman–Crippen MR) is 67.7 cm³/mol. The lowest BCUT2D eigenvalue weighted by molar-refractivity contribution is 0.101. The van der Waals surface area contributed by atoms with E-state index in [0.717, 1.165) is 17.1 Å². The van der Waals surface area contributed by atoms with E-state index < -0.39 is 0 Å². The molecule has 0 aliphatic heterocycles. The molecule has 0 saturated heterocycles. The molecule has 88 valence electrons. The number of hydrogen-bond acceptors (Lipinski definition) is 2. The van der Waals surface area contributed by atoms with E-state index in [1.807, 2.05) is 42.8 Å². The van der Waals surface area contributed by atoms with Crippen molar-refractivity contribution in [2.45, 2.75) is 13.8 Å². The molecule has 4 heteroatoms. The van der Waals surface area contributed by atoms with Gasteiger partial charge in [-0.3, -0.25) is 9.89 Å². The molecule has 2 aromatic heterocycles. The molecule has 2 heterocycles. The summed E-state index contributed by atoms with van der Waals surface area (Å²) in [6.45, 7) is 3.53. The van der Waals surface area contributed by atoms with Crippen molar-refractivity contribution in [3.63, 3.8) is 0 Å². The van der Waals surface area contributed by atoms with Crippen molar-refractivity contribution in [3.05, 3.63) is 35.7 Å². The third kappa shape index (κ3) is 1.93. The number of H-pyrrole nitrogens is 1. The first kappa shape index (κ1) is 11.4. The van der Waals surface area contributed by atoms with Crippen LogP contribution in [-0.2, 0) is 7.05 Å². The van der Waals surface area contributed by atoms with Crippen molar-refractivity contribution in [1.82, 2.24) is 14.8 Å². The summed E-state index contributed by atoms with van der Waals surface area (Å²) in [5.74, 6) is 0.0503. The number of hydrogen-bond donors (Lipinski definition) is 1. The molecule has 0 radical (unpaired) electrons. The Bertz CT molecular complexity index is 562. The molecule has 0 amide bonds. The summed E-state index contributed by atoms with van der Waals surface area (Å²) >= 11 is 0. The number of carbonyl (C=O) groups is 1. The first-order valence-corrected chi connectivity index (χ1v) is 5.48. The van der Waals surface area contributed by atoms with Crippen LogP contribution in [0.2, 0.25) is 0 Å². The van der Waals surface area contributed by atoms with Crippen LogP contribution in [0.15, 0.2) is 24.4 Å². The van der Waals surface area contributed by atoms with Gasteiger partial charge in [-0.1, -0.05) is 6.08 Å². The molecule has 0 bridgehead atoms. The number of allylic oxidation sites excluding steroid dienone is 1. The zero-order chi connectivity index (χ0) is 12.4. The SMILES string of the molecule is C/C=C\c1cc(C(C)=O)c(-c2cc[nH]n2)n1C. The Labute approximate surface area is 100.0 Å². The Morgan fingerprint density at radius 2 is 2.29 bits per heavy atom. The molecule has 0 saturated carbocycles. The standard InChI is InChI=1S/C13H15N3O/c1-4-5-10-8-11(9(2)17)13(16(10)3)12-6-7-14-15-12/h4-8H,1-3H3,(H,14,15)/b5-4-. The monoisotopic (exact) mass is 229 g/mol. The molecular weight excluding hydrogens is 214 g/mol. The maximum Gasteiger partial charge on any atom is 0.162 e. The molecule has 0 aromatic carbocycles. The highest BCUT2D eigenvalue weighted by Gasteiger charge is 2.17. The molecule has 0 aliphatic rings. The highest BCUT2D eigenvalue weighted by atomic mass is 16.1. The fraction of sp³-hybridized carbons (Fsp3) is 0.231. The fourth-order valence-electron chi connectivity index (χ4n) is 1.92. The van der Waals surface area contributed by atoms with E-state index in [1.165, 1.54) is 0 Å². The van der Waals surface area contributed by atoms with Gasteiger partial charge in [0.1, 0.15) is 5.69 Å². The number of aromatic amines is 1. The lowest BCUT2D eigenvalue weighted by atomic mass is 10.1. The van der Waals surface area contributed by atoms with E-state index in [1.54, 1.807) is 13.1 Å². The van der Waals surface area contributed by atoms with Gasteiger partial charge < -0.3 is 4.57 Å². The molecule has 0 unspecified atom stereocenters. The molecule has 17 heavy (non-hydrogen) atoms. The van der Waals surface area contributed by atoms with Crippen LogP contribution in [0.4, 0.5) is 0 Å². The molecule has 0 aliphatic carbocycles. The molecule has 0 fully saturated rings. The van der Waals surface area contributed by atoms with Gasteiger partial charge in [-0.15, -0.1) is 0 Å². The number of nitrogens with zero attached hydrogens (tertiary/aromatic N) is 2. The molecular formula is C13H15N3O. The van der Waals surface area contributed by atoms with Crippen LogP contribution in [0.25, 0.3) is 17.5 Å². The van der Waals surface area contributed by atoms with E-state index in [4.69, 9.17) is 0 Å². The molecule has 4 nitrogen and oxygen atoms in total. The maximum absolute atomic E-state index is 11.7. The largest absolute Gasteiger partial charge is 0.342 e. The van der Waals surface area contributed by atoms with E-state index >= 15 is 0 Å². The first-order chi connectivity index (χ1) is 8.15. The minimum atomic E-state index is 0.0503. The molecule has 1 N–H and O–H groups in total. The van der Waals surface area contributed by atoms with Gasteiger partial charge in [0.2, 0.25) is 0 Å². The molecule has 0 atom stereocenters. The van der Waals surface area contributed by atoms with E-state index in [0.29, 0.717) is 5.56 Å². The van der Waals surface area contributed by atoms with Gasteiger partial charge in [0.15, 0.2) is 5.78 Å². The van der Waals surface area contributed by atoms with Crippen molar-refractivity contribution < 1.29 is 4.79 Å². The quantitative estimate of drug-likeness (QED) is 0.822. The fourth-order valence-corrected chi connectivity index (χ4v) is 1.92. The van der Waals surface area contributed by atoms with Gasteiger partial charge in [0.05, 0.1) is 5.69 Å². The summed E-state index contributed by atoms with van der Waals surface area (Å²) in [4.78, 5) is 11.7. The normalized spacial score (nSPS) is 11.2. The van der Waals surface area contributed by atoms with Crippen molar-refractivity contribution in [2.24, 2.45) is 7.05 Å². The summed E-state index contributed by atoms with van der Waals surface area (Å²) in [5, 5.41) is 6.91. The molecule has 0 spiro atoms. The third-order valence-corrected chi connectivity index (χ3v) is 2.73. The Morgan fingerprint density at radius 1 is 1.53 bits per heavy atom. The molecule has 2 aromatic rings. The minimum Gasteiger partial charge on any atom is -0.342 e. The second-order valence-corrected chi connectivity index (χ2v) is 3.91. The topological polar surface area (TPSA) is 50.7 Å². The van der Waals surface area contributed by atoms with Gasteiger partial charge in [-0.05, 0) is 32.1 Å². The van der Waals surface area contributed by atoms with Crippen LogP contribution in [0.1, 0.15) is 29.9 Å². The average molecular weight is 229 g/mol. The molecule has 2 rings (SSSR count). The Hall–Kier alpha value is -2.10. The lowest BCUT2D eigenvalue weighted by Crippen LogP contribution is -1.99. The van der Waals surface area contributed by atoms with E-state index in [9.17, 15) is 4.79 Å². The second-order valence-electron chi connectivity index (χ2n) is 3.91. The van der Waals surface area contributed by atoms with Crippen LogP contribution in [0, 0.1) is 0 Å². The zero-order valence-electron chi connectivity index (χ0n) is 10.2. The number of Topliss-reactive ketones (excluding diaryl/α,β-unsaturated/α-hetero) is 1. The minimum absolute atomic E-state index is 0.0503. The maximum atomic E-state index is 11.7. The third-order valence-electron chi connectivity index (χ3n) is 2.73. The van der Waals surface area contributed by atoms with Crippen molar-refractivity contribution >= 4 is 11.9 Å². The van der Waals surface area contributed by atoms with Crippen molar-refractivity contribution in [1.29, 1.82) is 0 Å². The number of nitrogens with one attached hydrogen (secondary N) is 1. The van der Waals surface area contributed by atoms with Gasteiger partial charge in [-0.25, -0.2) is 0 Å². The summed E-state index contributed by atoms with van der Waals surface area (Å²) in [5.41, 5.74) is 3.34. The van der Waals surface area contributed by atoms with Crippen LogP contribution in [0.5, 0.6) is 0 Å². The Balaban J connectivity index is 2.67. The van der Waals surface area contributed by atoms with Gasteiger partial charge in [0.25, 0.3) is 0 Å². The van der Waals surface area contributed by atoms with E-state index in [-0.39, 0.29) is 5.78 Å². The Kier molecular flexibility index (Phi) is 2.95. The van der Waals surface area contributed by atoms with Crippen LogP contribution in [-0.4, -0.2) is 20.5 Å². The van der Waals surface area contributed by atoms with Crippen molar-refractivity contribution in [2.75, 3.05) is 0 Å². The number of aromatic nitrogens is 3. The van der Waals surface area contributed by atoms with Gasteiger partial charge in [0, 0.05) is 24.5 Å². The zero-order valence-corrected chi connectivity index (χ0v) is 10.2. The van der Waals surface area contributed by atoms with E-state index in [2.05, 4.69) is 10.2 Å². The highest BCUT2D eigenvalue weighted by molar-refractivity contribution is 6.00. The lowest BCUT2D eigenvalue weighted by Gasteiger charge is -2.03. The summed E-state index contributed by atoms with van der Waals surface area (Å²) in [6.07, 6.45) is 5.68. The average Bonchev–Trinajstić information content (AvgIpc) is 2.88. The predicted octanol–water partition coefficient (Wildman–Crippen LogP) is 2.65. The number of ketones is 1.